The molecule has 1 atom stereocenters. The summed E-state index contributed by atoms with van der Waals surface area (Å²) in [5.74, 6) is -0.719. The molecular formula is C25H18BrN3O3S2. The van der Waals surface area contributed by atoms with Gasteiger partial charge in [0.25, 0.3) is 5.91 Å². The van der Waals surface area contributed by atoms with Crippen LogP contribution in [0.25, 0.3) is 6.08 Å². The number of rotatable bonds is 4. The Morgan fingerprint density at radius 1 is 0.941 bits per heavy atom. The Labute approximate surface area is 213 Å². The van der Waals surface area contributed by atoms with Crippen molar-refractivity contribution in [1.82, 2.24) is 0 Å². The van der Waals surface area contributed by atoms with Gasteiger partial charge in [0.15, 0.2) is 0 Å². The highest BCUT2D eigenvalue weighted by Crippen LogP contribution is 2.59. The van der Waals surface area contributed by atoms with Gasteiger partial charge in [0, 0.05) is 10.2 Å². The second-order valence-corrected chi connectivity index (χ2v) is 10.9. The molecule has 3 aromatic rings. The summed E-state index contributed by atoms with van der Waals surface area (Å²) < 4.78 is 4.85. The molecule has 2 aliphatic rings. The highest BCUT2D eigenvalue weighted by atomic mass is 79.9. The van der Waals surface area contributed by atoms with Crippen LogP contribution in [0, 0.1) is 0 Å². The lowest BCUT2D eigenvalue weighted by molar-refractivity contribution is -0.132. The van der Waals surface area contributed by atoms with Gasteiger partial charge in [-0.1, -0.05) is 76.2 Å². The number of methoxy groups -OCH3 is 1. The van der Waals surface area contributed by atoms with Crippen molar-refractivity contribution in [1.29, 1.82) is 0 Å². The molecule has 9 heteroatoms. The Bertz CT molecular complexity index is 1300. The van der Waals surface area contributed by atoms with Crippen LogP contribution in [0.1, 0.15) is 5.56 Å². The fourth-order valence-corrected chi connectivity index (χ4v) is 6.80. The van der Waals surface area contributed by atoms with E-state index in [0.717, 1.165) is 15.7 Å². The Morgan fingerprint density at radius 3 is 2.18 bits per heavy atom. The van der Waals surface area contributed by atoms with Crippen LogP contribution in [0.4, 0.5) is 11.4 Å². The van der Waals surface area contributed by atoms with Crippen molar-refractivity contribution in [2.24, 2.45) is 5.10 Å². The van der Waals surface area contributed by atoms with E-state index >= 15 is 0 Å². The molecule has 1 amide bonds. The summed E-state index contributed by atoms with van der Waals surface area (Å²) in [6.45, 7) is 0. The summed E-state index contributed by atoms with van der Waals surface area (Å²) in [5, 5.41) is 6.52. The smallest absolute Gasteiger partial charge is 0.365 e. The summed E-state index contributed by atoms with van der Waals surface area (Å²) in [5.41, 5.74) is 2.35. The lowest BCUT2D eigenvalue weighted by Gasteiger charge is -2.38. The van der Waals surface area contributed by atoms with E-state index in [2.05, 4.69) is 21.0 Å². The molecule has 5 rings (SSSR count). The lowest BCUT2D eigenvalue weighted by Crippen LogP contribution is -2.51. The Hall–Kier alpha value is -3.01. The van der Waals surface area contributed by atoms with Gasteiger partial charge in [0.1, 0.15) is 0 Å². The van der Waals surface area contributed by atoms with Crippen LogP contribution in [-0.4, -0.2) is 28.4 Å². The quantitative estimate of drug-likeness (QED) is 0.296. The van der Waals surface area contributed by atoms with Gasteiger partial charge in [0.2, 0.25) is 9.37 Å². The molecule has 2 aliphatic heterocycles. The molecule has 0 saturated carbocycles. The van der Waals surface area contributed by atoms with Crippen LogP contribution in [-0.2, 0) is 14.3 Å². The first-order valence-corrected chi connectivity index (χ1v) is 12.7. The predicted octanol–water partition coefficient (Wildman–Crippen LogP) is 5.92. The number of hydrogen-bond donors (Lipinski definition) is 0. The number of ether oxygens (including phenoxy) is 1. The standard InChI is InChI=1S/C25H18BrN3O3S2/c1-32-24(31)22-27-29(20-10-6-3-7-11-20)25(34-22)28(19-8-4-2-5-9-19)23(30)21(33-25)16-17-12-14-18(26)15-13-17/h2-16H,1H3/b21-16-. The van der Waals surface area contributed by atoms with Crippen LogP contribution in [0.5, 0.6) is 0 Å². The number of amides is 1. The molecule has 0 N–H and O–H groups in total. The molecule has 1 saturated heterocycles. The van der Waals surface area contributed by atoms with Crippen molar-refractivity contribution < 1.29 is 14.3 Å². The van der Waals surface area contributed by atoms with Crippen molar-refractivity contribution >= 4 is 73.8 Å². The minimum absolute atomic E-state index is 0.172. The van der Waals surface area contributed by atoms with Crippen LogP contribution in [0.3, 0.4) is 0 Å². The first-order valence-electron chi connectivity index (χ1n) is 10.3. The zero-order valence-electron chi connectivity index (χ0n) is 17.9. The second kappa shape index (κ2) is 9.32. The molecule has 1 unspecified atom stereocenters. The van der Waals surface area contributed by atoms with Crippen LogP contribution in [0.2, 0.25) is 0 Å². The van der Waals surface area contributed by atoms with E-state index in [-0.39, 0.29) is 11.0 Å². The number of esters is 1. The van der Waals surface area contributed by atoms with Crippen LogP contribution >= 0.6 is 39.5 Å². The minimum Gasteiger partial charge on any atom is -0.464 e. The van der Waals surface area contributed by atoms with Gasteiger partial charge in [-0.2, -0.15) is 5.10 Å². The Kier molecular flexibility index (Phi) is 6.24. The van der Waals surface area contributed by atoms with Crippen molar-refractivity contribution in [2.45, 2.75) is 4.33 Å². The molecule has 0 radical (unpaired) electrons. The summed E-state index contributed by atoms with van der Waals surface area (Å²) in [4.78, 5) is 28.6. The van der Waals surface area contributed by atoms with Gasteiger partial charge >= 0.3 is 5.97 Å². The zero-order valence-corrected chi connectivity index (χ0v) is 21.1. The van der Waals surface area contributed by atoms with Crippen molar-refractivity contribution in [2.75, 3.05) is 17.0 Å². The molecule has 34 heavy (non-hydrogen) atoms. The SMILES string of the molecule is COC(=O)C1=NN(c2ccccc2)C2(S1)S/C(=C\c1ccc(Br)cc1)C(=O)N2c1ccccc1. The van der Waals surface area contributed by atoms with E-state index in [4.69, 9.17) is 4.74 Å². The number of para-hydroxylation sites is 2. The monoisotopic (exact) mass is 551 g/mol. The number of thioether (sulfide) groups is 2. The third kappa shape index (κ3) is 4.04. The van der Waals surface area contributed by atoms with Crippen molar-refractivity contribution in [3.63, 3.8) is 0 Å². The average molecular weight is 552 g/mol. The third-order valence-corrected chi connectivity index (χ3v) is 8.40. The molecular weight excluding hydrogens is 534 g/mol. The third-order valence-electron chi connectivity index (χ3n) is 5.17. The van der Waals surface area contributed by atoms with Gasteiger partial charge in [-0.3, -0.25) is 9.69 Å². The number of hydrazone groups is 1. The molecule has 0 bridgehead atoms. The van der Waals surface area contributed by atoms with E-state index < -0.39 is 10.3 Å². The lowest BCUT2D eigenvalue weighted by atomic mass is 10.2. The highest BCUT2D eigenvalue weighted by Gasteiger charge is 2.60. The van der Waals surface area contributed by atoms with E-state index in [1.165, 1.54) is 30.6 Å². The number of hydrogen-bond acceptors (Lipinski definition) is 7. The summed E-state index contributed by atoms with van der Waals surface area (Å²) >= 11 is 6.01. The Balaban J connectivity index is 1.67. The largest absolute Gasteiger partial charge is 0.464 e. The van der Waals surface area contributed by atoms with Gasteiger partial charge in [-0.25, -0.2) is 9.80 Å². The predicted molar refractivity (Wildman–Crippen MR) is 142 cm³/mol. The minimum atomic E-state index is -1.08. The van der Waals surface area contributed by atoms with Gasteiger partial charge in [-0.15, -0.1) is 0 Å². The first-order chi connectivity index (χ1) is 16.5. The van der Waals surface area contributed by atoms with Crippen molar-refractivity contribution in [3.05, 3.63) is 99.9 Å². The number of benzene rings is 3. The molecule has 3 aromatic carbocycles. The molecule has 2 heterocycles. The maximum atomic E-state index is 13.9. The molecule has 1 spiro atoms. The van der Waals surface area contributed by atoms with Crippen LogP contribution in [0.15, 0.2) is 99.4 Å². The molecule has 0 aliphatic carbocycles. The van der Waals surface area contributed by atoms with Crippen molar-refractivity contribution in [3.8, 4) is 0 Å². The maximum Gasteiger partial charge on any atom is 0.365 e. The number of carbonyl (C=O) groups excluding carboxylic acids is 2. The van der Waals surface area contributed by atoms with E-state index in [0.29, 0.717) is 10.6 Å². The van der Waals surface area contributed by atoms with Gasteiger partial charge < -0.3 is 4.74 Å². The number of anilines is 2. The number of nitrogens with zero attached hydrogens (tertiary/aromatic N) is 3. The number of halogens is 1. The zero-order chi connectivity index (χ0) is 23.7. The molecule has 1 fully saturated rings. The van der Waals surface area contributed by atoms with Crippen LogP contribution < -0.4 is 9.91 Å². The van der Waals surface area contributed by atoms with E-state index in [9.17, 15) is 9.59 Å². The number of carbonyl (C=O) groups is 2. The highest BCUT2D eigenvalue weighted by molar-refractivity contribution is 9.10. The van der Waals surface area contributed by atoms with Gasteiger partial charge in [0.05, 0.1) is 17.7 Å². The first kappa shape index (κ1) is 22.8. The summed E-state index contributed by atoms with van der Waals surface area (Å²) in [6, 6.07) is 26.7. The average Bonchev–Trinajstić information content (AvgIpc) is 3.38. The van der Waals surface area contributed by atoms with Gasteiger partial charge in [-0.05, 0) is 59.8 Å². The molecule has 0 aromatic heterocycles. The fourth-order valence-electron chi connectivity index (χ4n) is 3.64. The molecule has 6 nitrogen and oxygen atoms in total. The normalized spacial score (nSPS) is 20.8. The fraction of sp³-hybridized carbons (Fsp3) is 0.0800. The molecule has 170 valence electrons. The van der Waals surface area contributed by atoms with E-state index in [1.807, 2.05) is 91.0 Å². The summed E-state index contributed by atoms with van der Waals surface area (Å²) in [7, 11) is 1.32. The Morgan fingerprint density at radius 2 is 1.56 bits per heavy atom. The summed E-state index contributed by atoms with van der Waals surface area (Å²) in [6.07, 6.45) is 1.87. The topological polar surface area (TPSA) is 62.2 Å². The second-order valence-electron chi connectivity index (χ2n) is 7.33. The van der Waals surface area contributed by atoms with E-state index in [1.54, 1.807) is 9.91 Å². The maximum absolute atomic E-state index is 13.9.